The van der Waals surface area contributed by atoms with Gasteiger partial charge in [0.2, 0.25) is 5.91 Å². The fraction of sp³-hybridized carbons (Fsp3) is 0.765. The molecule has 5 nitrogen and oxygen atoms in total. The molecular formula is C17H28N2O3. The number of aliphatic hydroxyl groups excluding tert-OH is 1. The fourth-order valence-electron chi connectivity index (χ4n) is 3.59. The number of hydrogen-bond acceptors (Lipinski definition) is 4. The van der Waals surface area contributed by atoms with Gasteiger partial charge in [0.25, 0.3) is 0 Å². The fourth-order valence-corrected chi connectivity index (χ4v) is 3.59. The van der Waals surface area contributed by atoms with Crippen LogP contribution in [0.15, 0.2) is 6.07 Å². The Morgan fingerprint density at radius 1 is 1.41 bits per heavy atom. The van der Waals surface area contributed by atoms with E-state index in [0.717, 1.165) is 37.1 Å². The largest absolute Gasteiger partial charge is 0.394 e. The molecule has 1 aliphatic carbocycles. The van der Waals surface area contributed by atoms with Crippen LogP contribution < -0.4 is 0 Å². The molecule has 1 fully saturated rings. The smallest absolute Gasteiger partial charge is 0.247 e. The molecule has 0 saturated heterocycles. The molecule has 1 heterocycles. The van der Waals surface area contributed by atoms with Crippen molar-refractivity contribution in [2.75, 3.05) is 13.2 Å². The van der Waals surface area contributed by atoms with Gasteiger partial charge in [-0.25, -0.2) is 4.68 Å². The SMILES string of the molecule is Cc1cc(C)n(C(=O)CC(C)C2(OCCO)CCCCC2)n1. The summed E-state index contributed by atoms with van der Waals surface area (Å²) in [4.78, 5) is 12.5. The molecule has 2 rings (SSSR count). The lowest BCUT2D eigenvalue weighted by atomic mass is 9.74. The van der Waals surface area contributed by atoms with Gasteiger partial charge in [0, 0.05) is 12.1 Å². The van der Waals surface area contributed by atoms with Crippen molar-refractivity contribution < 1.29 is 14.6 Å². The number of hydrogen-bond donors (Lipinski definition) is 1. The summed E-state index contributed by atoms with van der Waals surface area (Å²) in [5, 5.41) is 13.4. The zero-order valence-corrected chi connectivity index (χ0v) is 14.0. The van der Waals surface area contributed by atoms with Crippen molar-refractivity contribution in [3.8, 4) is 0 Å². The van der Waals surface area contributed by atoms with Crippen LogP contribution in [0.1, 0.15) is 61.6 Å². The second-order valence-electron chi connectivity index (χ2n) is 6.54. The van der Waals surface area contributed by atoms with Crippen LogP contribution in [-0.4, -0.2) is 39.6 Å². The Bertz CT molecular complexity index is 504. The standard InChI is InChI=1S/C17H28N2O3/c1-13(11-16(21)19-15(3)12-14(2)18-19)17(22-10-9-20)7-5-4-6-8-17/h12-13,20H,4-11H2,1-3H3. The highest BCUT2D eigenvalue weighted by atomic mass is 16.5. The minimum absolute atomic E-state index is 0.0237. The second-order valence-corrected chi connectivity index (χ2v) is 6.54. The molecule has 1 aromatic rings. The summed E-state index contributed by atoms with van der Waals surface area (Å²) in [6.07, 6.45) is 5.85. The zero-order chi connectivity index (χ0) is 16.2. The van der Waals surface area contributed by atoms with Crippen molar-refractivity contribution in [2.24, 2.45) is 5.92 Å². The van der Waals surface area contributed by atoms with Crippen LogP contribution in [0.2, 0.25) is 0 Å². The lowest BCUT2D eigenvalue weighted by Crippen LogP contribution is -2.43. The van der Waals surface area contributed by atoms with Gasteiger partial charge in [0.15, 0.2) is 0 Å². The van der Waals surface area contributed by atoms with Gasteiger partial charge in [-0.1, -0.05) is 26.2 Å². The van der Waals surface area contributed by atoms with Crippen LogP contribution in [-0.2, 0) is 4.74 Å². The van der Waals surface area contributed by atoms with Gasteiger partial charge < -0.3 is 9.84 Å². The Hall–Kier alpha value is -1.20. The molecule has 124 valence electrons. The number of aryl methyl sites for hydroxylation is 2. The van der Waals surface area contributed by atoms with Crippen molar-refractivity contribution in [1.82, 2.24) is 9.78 Å². The van der Waals surface area contributed by atoms with Gasteiger partial charge >= 0.3 is 0 Å². The van der Waals surface area contributed by atoms with Gasteiger partial charge in [0.1, 0.15) is 0 Å². The Balaban J connectivity index is 2.08. The third-order valence-electron chi connectivity index (χ3n) is 4.81. The molecule has 0 aliphatic heterocycles. The number of carbonyl (C=O) groups is 1. The zero-order valence-electron chi connectivity index (χ0n) is 14.0. The van der Waals surface area contributed by atoms with Crippen LogP contribution >= 0.6 is 0 Å². The Morgan fingerprint density at radius 3 is 2.64 bits per heavy atom. The van der Waals surface area contributed by atoms with E-state index in [0.29, 0.717) is 13.0 Å². The topological polar surface area (TPSA) is 64.3 Å². The van der Waals surface area contributed by atoms with Crippen LogP contribution in [0.25, 0.3) is 0 Å². The molecule has 1 aromatic heterocycles. The van der Waals surface area contributed by atoms with Crippen molar-refractivity contribution in [3.05, 3.63) is 17.5 Å². The first-order valence-electron chi connectivity index (χ1n) is 8.30. The normalized spacial score (nSPS) is 19.1. The molecule has 1 aliphatic rings. The van der Waals surface area contributed by atoms with E-state index in [1.54, 1.807) is 0 Å². The minimum Gasteiger partial charge on any atom is -0.394 e. The third-order valence-corrected chi connectivity index (χ3v) is 4.81. The average Bonchev–Trinajstić information content (AvgIpc) is 2.84. The quantitative estimate of drug-likeness (QED) is 0.877. The summed E-state index contributed by atoms with van der Waals surface area (Å²) in [5.41, 5.74) is 1.47. The van der Waals surface area contributed by atoms with Crippen LogP contribution in [0, 0.1) is 19.8 Å². The Morgan fingerprint density at radius 2 is 2.09 bits per heavy atom. The monoisotopic (exact) mass is 308 g/mol. The lowest BCUT2D eigenvalue weighted by Gasteiger charge is -2.42. The Labute approximate surface area is 132 Å². The predicted octanol–water partition coefficient (Wildman–Crippen LogP) is 2.88. The van der Waals surface area contributed by atoms with Crippen LogP contribution in [0.4, 0.5) is 0 Å². The molecule has 1 saturated carbocycles. The maximum absolute atomic E-state index is 12.5. The van der Waals surface area contributed by atoms with Crippen LogP contribution in [0.5, 0.6) is 0 Å². The summed E-state index contributed by atoms with van der Waals surface area (Å²) in [6, 6.07) is 1.92. The minimum atomic E-state index is -0.271. The molecule has 0 amide bonds. The number of aliphatic hydroxyl groups is 1. The van der Waals surface area contributed by atoms with E-state index in [4.69, 9.17) is 9.84 Å². The van der Waals surface area contributed by atoms with Crippen molar-refractivity contribution >= 4 is 5.91 Å². The number of aromatic nitrogens is 2. The van der Waals surface area contributed by atoms with E-state index < -0.39 is 0 Å². The molecule has 1 N–H and O–H groups in total. The summed E-state index contributed by atoms with van der Waals surface area (Å²) >= 11 is 0. The first kappa shape index (κ1) is 17.2. The number of rotatable bonds is 6. The second kappa shape index (κ2) is 7.38. The van der Waals surface area contributed by atoms with Gasteiger partial charge in [0.05, 0.1) is 24.5 Å². The molecule has 5 heteroatoms. The van der Waals surface area contributed by atoms with Crippen molar-refractivity contribution in [3.63, 3.8) is 0 Å². The van der Waals surface area contributed by atoms with Crippen LogP contribution in [0.3, 0.4) is 0 Å². The summed E-state index contributed by atoms with van der Waals surface area (Å²) in [5.74, 6) is 0.145. The van der Waals surface area contributed by atoms with Gasteiger partial charge in [-0.15, -0.1) is 0 Å². The number of nitrogens with zero attached hydrogens (tertiary/aromatic N) is 2. The molecule has 0 bridgehead atoms. The van der Waals surface area contributed by atoms with E-state index in [-0.39, 0.29) is 24.0 Å². The highest BCUT2D eigenvalue weighted by Gasteiger charge is 2.39. The molecule has 22 heavy (non-hydrogen) atoms. The number of ether oxygens (including phenoxy) is 1. The van der Waals surface area contributed by atoms with E-state index in [9.17, 15) is 4.79 Å². The molecular weight excluding hydrogens is 280 g/mol. The van der Waals surface area contributed by atoms with E-state index in [1.165, 1.54) is 11.1 Å². The summed E-state index contributed by atoms with van der Waals surface area (Å²) in [7, 11) is 0. The predicted molar refractivity (Wildman–Crippen MR) is 85.0 cm³/mol. The van der Waals surface area contributed by atoms with Gasteiger partial charge in [-0.05, 0) is 38.7 Å². The van der Waals surface area contributed by atoms with Gasteiger partial charge in [-0.2, -0.15) is 5.10 Å². The first-order chi connectivity index (χ1) is 10.5. The Kier molecular flexibility index (Phi) is 5.75. The maximum atomic E-state index is 12.5. The lowest BCUT2D eigenvalue weighted by molar-refractivity contribution is -0.113. The van der Waals surface area contributed by atoms with E-state index >= 15 is 0 Å². The van der Waals surface area contributed by atoms with Gasteiger partial charge in [-0.3, -0.25) is 4.79 Å². The summed E-state index contributed by atoms with van der Waals surface area (Å²) < 4.78 is 7.53. The molecule has 0 spiro atoms. The molecule has 1 unspecified atom stereocenters. The highest BCUT2D eigenvalue weighted by Crippen LogP contribution is 2.39. The maximum Gasteiger partial charge on any atom is 0.247 e. The number of carbonyl (C=O) groups excluding carboxylic acids is 1. The molecule has 0 aromatic carbocycles. The average molecular weight is 308 g/mol. The highest BCUT2D eigenvalue weighted by molar-refractivity contribution is 5.79. The van der Waals surface area contributed by atoms with Crippen molar-refractivity contribution in [1.29, 1.82) is 0 Å². The van der Waals surface area contributed by atoms with E-state index in [1.807, 2.05) is 19.9 Å². The molecule has 0 radical (unpaired) electrons. The third kappa shape index (κ3) is 3.76. The first-order valence-corrected chi connectivity index (χ1v) is 8.30. The summed E-state index contributed by atoms with van der Waals surface area (Å²) in [6.45, 7) is 6.26. The van der Waals surface area contributed by atoms with Crippen molar-refractivity contribution in [2.45, 2.75) is 64.9 Å². The van der Waals surface area contributed by atoms with E-state index in [2.05, 4.69) is 12.0 Å². The molecule has 1 atom stereocenters.